The number of urea groups is 1. The summed E-state index contributed by atoms with van der Waals surface area (Å²) in [6, 6.07) is 19.1. The molecule has 4 aromatic rings. The van der Waals surface area contributed by atoms with E-state index < -0.39 is 0 Å². The highest BCUT2D eigenvalue weighted by molar-refractivity contribution is 6.30. The molecule has 2 aromatic heterocycles. The molecule has 170 valence electrons. The summed E-state index contributed by atoms with van der Waals surface area (Å²) in [6.45, 7) is 0.529. The average molecular weight is 472 g/mol. The summed E-state index contributed by atoms with van der Waals surface area (Å²) >= 11 is 6.01. The molecule has 9 heteroatoms. The summed E-state index contributed by atoms with van der Waals surface area (Å²) in [6.07, 6.45) is 7.36. The van der Waals surface area contributed by atoms with E-state index in [0.29, 0.717) is 23.3 Å². The quantitative estimate of drug-likeness (QED) is 0.426. The number of aromatic nitrogens is 4. The van der Waals surface area contributed by atoms with Gasteiger partial charge >= 0.3 is 6.03 Å². The van der Waals surface area contributed by atoms with Crippen LogP contribution in [-0.2, 0) is 5.54 Å². The van der Waals surface area contributed by atoms with Crippen LogP contribution in [-0.4, -0.2) is 32.1 Å². The van der Waals surface area contributed by atoms with E-state index in [2.05, 4.69) is 20.6 Å². The Labute approximate surface area is 201 Å². The van der Waals surface area contributed by atoms with Crippen molar-refractivity contribution in [2.24, 2.45) is 0 Å². The van der Waals surface area contributed by atoms with Crippen molar-refractivity contribution < 1.29 is 4.79 Å². The van der Waals surface area contributed by atoms with Crippen LogP contribution in [0.2, 0.25) is 5.02 Å². The standard InChI is InChI=1S/C25H22ClN7O/c26-18-6-8-19(9-7-18)32-15-21(29-16-32)25(11-12-25)31-23-27-13-10-22(30-23)33-20(14-28-24(33)34)17-4-2-1-3-5-17/h1-10,13,15-16,20H,11-12,14H2,(H,28,34)(H,27,30,31)/t20-/m1/s1. The Morgan fingerprint density at radius 3 is 2.59 bits per heavy atom. The number of anilines is 2. The van der Waals surface area contributed by atoms with Crippen LogP contribution in [0.3, 0.4) is 0 Å². The number of nitrogens with zero attached hydrogens (tertiary/aromatic N) is 5. The fourth-order valence-electron chi connectivity index (χ4n) is 4.36. The first-order chi connectivity index (χ1) is 16.6. The van der Waals surface area contributed by atoms with Crippen molar-refractivity contribution in [3.63, 3.8) is 0 Å². The van der Waals surface area contributed by atoms with Gasteiger partial charge in [0.15, 0.2) is 0 Å². The van der Waals surface area contributed by atoms with Gasteiger partial charge in [-0.3, -0.25) is 4.90 Å². The van der Waals surface area contributed by atoms with Crippen LogP contribution in [0.1, 0.15) is 30.1 Å². The van der Waals surface area contributed by atoms with Gasteiger partial charge in [0.05, 0.1) is 23.6 Å². The number of carbonyl (C=O) groups excluding carboxylic acids is 1. The Balaban J connectivity index is 1.25. The van der Waals surface area contributed by atoms with Crippen molar-refractivity contribution in [3.8, 4) is 5.69 Å². The molecule has 34 heavy (non-hydrogen) atoms. The first kappa shape index (κ1) is 20.7. The van der Waals surface area contributed by atoms with Gasteiger partial charge < -0.3 is 15.2 Å². The average Bonchev–Trinajstić information content (AvgIpc) is 3.28. The van der Waals surface area contributed by atoms with Gasteiger partial charge in [-0.15, -0.1) is 0 Å². The Kier molecular flexibility index (Phi) is 4.95. The number of hydrogen-bond donors (Lipinski definition) is 2. The van der Waals surface area contributed by atoms with Crippen LogP contribution in [0.15, 0.2) is 79.4 Å². The normalized spacial score (nSPS) is 18.6. The fourth-order valence-corrected chi connectivity index (χ4v) is 4.49. The van der Waals surface area contributed by atoms with Gasteiger partial charge in [0, 0.05) is 29.6 Å². The van der Waals surface area contributed by atoms with Crippen LogP contribution < -0.4 is 15.5 Å². The van der Waals surface area contributed by atoms with Crippen molar-refractivity contribution in [1.29, 1.82) is 0 Å². The smallest absolute Gasteiger partial charge is 0.323 e. The largest absolute Gasteiger partial charge is 0.343 e. The summed E-state index contributed by atoms with van der Waals surface area (Å²) in [5.74, 6) is 1.03. The maximum absolute atomic E-state index is 12.7. The molecule has 0 spiro atoms. The highest BCUT2D eigenvalue weighted by Crippen LogP contribution is 2.47. The lowest BCUT2D eigenvalue weighted by Crippen LogP contribution is -2.31. The van der Waals surface area contributed by atoms with E-state index in [1.54, 1.807) is 23.5 Å². The highest BCUT2D eigenvalue weighted by atomic mass is 35.5. The van der Waals surface area contributed by atoms with E-state index in [1.807, 2.05) is 65.4 Å². The molecule has 8 nitrogen and oxygen atoms in total. The number of nitrogens with one attached hydrogen (secondary N) is 2. The number of imidazole rings is 1. The molecule has 1 aliphatic carbocycles. The Morgan fingerprint density at radius 1 is 1.03 bits per heavy atom. The number of amides is 2. The molecule has 2 aliphatic rings. The van der Waals surface area contributed by atoms with Crippen molar-refractivity contribution in [3.05, 3.63) is 95.7 Å². The molecule has 0 bridgehead atoms. The van der Waals surface area contributed by atoms with Crippen LogP contribution in [0.4, 0.5) is 16.6 Å². The summed E-state index contributed by atoms with van der Waals surface area (Å²) in [5.41, 5.74) is 2.66. The first-order valence-electron chi connectivity index (χ1n) is 11.1. The van der Waals surface area contributed by atoms with Gasteiger partial charge in [-0.25, -0.2) is 14.8 Å². The van der Waals surface area contributed by atoms with E-state index in [0.717, 1.165) is 29.8 Å². The fraction of sp³-hybridized carbons (Fsp3) is 0.200. The number of carbonyl (C=O) groups is 1. The molecule has 1 saturated heterocycles. The van der Waals surface area contributed by atoms with E-state index in [-0.39, 0.29) is 17.6 Å². The second-order valence-corrected chi connectivity index (χ2v) is 9.01. The van der Waals surface area contributed by atoms with Gasteiger partial charge in [-0.05, 0) is 48.7 Å². The monoisotopic (exact) mass is 471 g/mol. The van der Waals surface area contributed by atoms with Crippen LogP contribution >= 0.6 is 11.6 Å². The minimum atomic E-state index is -0.317. The second-order valence-electron chi connectivity index (χ2n) is 8.57. The number of benzene rings is 2. The van der Waals surface area contributed by atoms with Crippen LogP contribution in [0.5, 0.6) is 0 Å². The van der Waals surface area contributed by atoms with E-state index in [4.69, 9.17) is 16.6 Å². The van der Waals surface area contributed by atoms with Gasteiger partial charge in [0.25, 0.3) is 0 Å². The third-order valence-electron chi connectivity index (χ3n) is 6.35. The Hall–Kier alpha value is -3.91. The van der Waals surface area contributed by atoms with Gasteiger partial charge in [0.2, 0.25) is 5.95 Å². The molecule has 2 aromatic carbocycles. The van der Waals surface area contributed by atoms with Crippen LogP contribution in [0, 0.1) is 0 Å². The molecule has 6 rings (SSSR count). The maximum atomic E-state index is 12.7. The predicted octanol–water partition coefficient (Wildman–Crippen LogP) is 4.69. The van der Waals surface area contributed by atoms with Crippen molar-refractivity contribution in [1.82, 2.24) is 24.8 Å². The topological polar surface area (TPSA) is 88.0 Å². The summed E-state index contributed by atoms with van der Waals surface area (Å²) in [7, 11) is 0. The molecular formula is C25H22ClN7O. The summed E-state index contributed by atoms with van der Waals surface area (Å²) < 4.78 is 1.98. The molecule has 0 unspecified atom stereocenters. The molecule has 1 atom stereocenters. The molecule has 2 amide bonds. The minimum absolute atomic E-state index is 0.124. The lowest BCUT2D eigenvalue weighted by atomic mass is 10.1. The third kappa shape index (κ3) is 3.76. The summed E-state index contributed by atoms with van der Waals surface area (Å²) in [4.78, 5) is 28.1. The first-order valence-corrected chi connectivity index (χ1v) is 11.5. The third-order valence-corrected chi connectivity index (χ3v) is 6.60. The predicted molar refractivity (Wildman–Crippen MR) is 130 cm³/mol. The number of halogens is 1. The zero-order chi connectivity index (χ0) is 23.1. The van der Waals surface area contributed by atoms with E-state index >= 15 is 0 Å². The molecule has 1 aliphatic heterocycles. The van der Waals surface area contributed by atoms with Crippen molar-refractivity contribution in [2.45, 2.75) is 24.4 Å². The zero-order valence-electron chi connectivity index (χ0n) is 18.2. The lowest BCUT2D eigenvalue weighted by Gasteiger charge is -2.23. The Morgan fingerprint density at radius 2 is 1.82 bits per heavy atom. The number of hydrogen-bond acceptors (Lipinski definition) is 5. The van der Waals surface area contributed by atoms with Crippen molar-refractivity contribution >= 4 is 29.4 Å². The molecule has 3 heterocycles. The lowest BCUT2D eigenvalue weighted by molar-refractivity contribution is 0.251. The van der Waals surface area contributed by atoms with Crippen LogP contribution in [0.25, 0.3) is 5.69 Å². The summed E-state index contributed by atoms with van der Waals surface area (Å²) in [5, 5.41) is 7.10. The molecule has 0 radical (unpaired) electrons. The Bertz CT molecular complexity index is 1330. The SMILES string of the molecule is O=C1NC[C@H](c2ccccc2)N1c1ccnc(NC2(c3cn(-c4ccc(Cl)cc4)cn3)CC2)n1. The van der Waals surface area contributed by atoms with Crippen molar-refractivity contribution in [2.75, 3.05) is 16.8 Å². The number of rotatable bonds is 6. The highest BCUT2D eigenvalue weighted by Gasteiger charge is 2.47. The zero-order valence-corrected chi connectivity index (χ0v) is 19.0. The second kappa shape index (κ2) is 8.14. The molecule has 2 N–H and O–H groups in total. The minimum Gasteiger partial charge on any atom is -0.343 e. The van der Waals surface area contributed by atoms with Gasteiger partial charge in [0.1, 0.15) is 5.82 Å². The maximum Gasteiger partial charge on any atom is 0.323 e. The van der Waals surface area contributed by atoms with E-state index in [9.17, 15) is 4.79 Å². The molecule has 1 saturated carbocycles. The molecular weight excluding hydrogens is 450 g/mol. The molecule has 2 fully saturated rings. The van der Waals surface area contributed by atoms with Gasteiger partial charge in [-0.2, -0.15) is 4.98 Å². The van der Waals surface area contributed by atoms with Gasteiger partial charge in [-0.1, -0.05) is 41.9 Å². The van der Waals surface area contributed by atoms with E-state index in [1.165, 1.54) is 0 Å².